The minimum atomic E-state index is -0.279. The van der Waals surface area contributed by atoms with E-state index < -0.39 is 0 Å². The Morgan fingerprint density at radius 1 is 1.13 bits per heavy atom. The number of thioether (sulfide) groups is 1. The summed E-state index contributed by atoms with van der Waals surface area (Å²) in [6, 6.07) is 15.1. The summed E-state index contributed by atoms with van der Waals surface area (Å²) in [5.74, 6) is 1.51. The Morgan fingerprint density at radius 3 is 2.73 bits per heavy atom. The summed E-state index contributed by atoms with van der Waals surface area (Å²) in [6.07, 6.45) is 3.77. The van der Waals surface area contributed by atoms with E-state index in [2.05, 4.69) is 16.6 Å². The third-order valence-corrected chi connectivity index (χ3v) is 6.06. The maximum Gasteiger partial charge on any atom is 0.253 e. The molecule has 1 atom stereocenters. The van der Waals surface area contributed by atoms with Crippen molar-refractivity contribution in [2.24, 2.45) is 5.10 Å². The second-order valence-electron chi connectivity index (χ2n) is 6.91. The molecule has 5 rings (SSSR count). The van der Waals surface area contributed by atoms with E-state index in [9.17, 15) is 4.79 Å². The molecule has 3 aromatic heterocycles. The number of hydrazone groups is 1. The third-order valence-electron chi connectivity index (χ3n) is 5.10. The Bertz CT molecular complexity index is 1190. The van der Waals surface area contributed by atoms with Gasteiger partial charge in [-0.15, -0.1) is 0 Å². The summed E-state index contributed by atoms with van der Waals surface area (Å²) in [5.41, 5.74) is 2.74. The fraction of sp³-hybridized carbons (Fsp3) is 0.227. The Hall–Kier alpha value is -3.26. The van der Waals surface area contributed by atoms with E-state index in [0.29, 0.717) is 17.9 Å². The SMILES string of the molecule is CCn1c(SCC(=O)N2N=C(c3ccco3)CC2c2ccco2)nc2ccccc21. The van der Waals surface area contributed by atoms with E-state index in [4.69, 9.17) is 13.8 Å². The lowest BCUT2D eigenvalue weighted by molar-refractivity contribution is -0.130. The van der Waals surface area contributed by atoms with Crippen LogP contribution >= 0.6 is 11.8 Å². The van der Waals surface area contributed by atoms with Crippen molar-refractivity contribution < 1.29 is 13.6 Å². The van der Waals surface area contributed by atoms with Gasteiger partial charge in [0, 0.05) is 13.0 Å². The van der Waals surface area contributed by atoms with E-state index in [1.807, 2.05) is 48.5 Å². The normalized spacial score (nSPS) is 16.4. The van der Waals surface area contributed by atoms with Gasteiger partial charge in [0.1, 0.15) is 23.3 Å². The molecule has 0 radical (unpaired) electrons. The Kier molecular flexibility index (Phi) is 4.92. The number of nitrogens with zero attached hydrogens (tertiary/aromatic N) is 4. The maximum atomic E-state index is 13.1. The minimum Gasteiger partial charge on any atom is -0.467 e. The molecule has 4 heterocycles. The quantitative estimate of drug-likeness (QED) is 0.422. The van der Waals surface area contributed by atoms with E-state index in [-0.39, 0.29) is 17.7 Å². The highest BCUT2D eigenvalue weighted by atomic mass is 32.2. The van der Waals surface area contributed by atoms with Crippen molar-refractivity contribution in [1.29, 1.82) is 0 Å². The van der Waals surface area contributed by atoms with Gasteiger partial charge < -0.3 is 13.4 Å². The standard InChI is InChI=1S/C22H20N4O3S/c1-2-25-17-8-4-3-7-15(17)23-22(25)30-14-21(27)26-18(20-10-6-12-29-20)13-16(24-26)19-9-5-11-28-19/h3-12,18H,2,13-14H2,1H3. The van der Waals surface area contributed by atoms with Crippen molar-refractivity contribution in [1.82, 2.24) is 14.6 Å². The number of hydrogen-bond donors (Lipinski definition) is 0. The van der Waals surface area contributed by atoms with Gasteiger partial charge in [-0.3, -0.25) is 4.79 Å². The lowest BCUT2D eigenvalue weighted by atomic mass is 10.1. The van der Waals surface area contributed by atoms with Crippen molar-refractivity contribution in [2.75, 3.05) is 5.75 Å². The molecule has 1 aromatic carbocycles. The van der Waals surface area contributed by atoms with Gasteiger partial charge in [-0.05, 0) is 43.3 Å². The molecule has 1 aliphatic rings. The first-order valence-electron chi connectivity index (χ1n) is 9.79. The molecule has 0 aliphatic carbocycles. The van der Waals surface area contributed by atoms with Crippen LogP contribution in [0.3, 0.4) is 0 Å². The molecule has 4 aromatic rings. The van der Waals surface area contributed by atoms with Crippen LogP contribution in [0.5, 0.6) is 0 Å². The number of carbonyl (C=O) groups excluding carboxylic acids is 1. The third kappa shape index (κ3) is 3.33. The van der Waals surface area contributed by atoms with Crippen LogP contribution in [0.15, 0.2) is 80.1 Å². The van der Waals surface area contributed by atoms with Crippen LogP contribution in [0.4, 0.5) is 0 Å². The lowest BCUT2D eigenvalue weighted by Crippen LogP contribution is -2.28. The van der Waals surface area contributed by atoms with E-state index in [1.54, 1.807) is 12.5 Å². The monoisotopic (exact) mass is 420 g/mol. The average Bonchev–Trinajstić information content (AvgIpc) is 3.55. The number of para-hydroxylation sites is 2. The van der Waals surface area contributed by atoms with Crippen molar-refractivity contribution >= 4 is 34.4 Å². The van der Waals surface area contributed by atoms with Crippen molar-refractivity contribution in [2.45, 2.75) is 31.1 Å². The van der Waals surface area contributed by atoms with Gasteiger partial charge in [0.05, 0.1) is 29.3 Å². The first kappa shape index (κ1) is 18.7. The summed E-state index contributed by atoms with van der Waals surface area (Å²) in [7, 11) is 0. The predicted molar refractivity (Wildman–Crippen MR) is 114 cm³/mol. The number of aromatic nitrogens is 2. The molecule has 1 amide bonds. The first-order chi connectivity index (χ1) is 14.7. The number of rotatable bonds is 6. The van der Waals surface area contributed by atoms with Crippen LogP contribution in [0.2, 0.25) is 0 Å². The van der Waals surface area contributed by atoms with Crippen molar-refractivity contribution in [3.63, 3.8) is 0 Å². The molecular weight excluding hydrogens is 400 g/mol. The second kappa shape index (κ2) is 7.87. The number of aryl methyl sites for hydroxylation is 1. The Balaban J connectivity index is 1.39. The molecule has 152 valence electrons. The minimum absolute atomic E-state index is 0.0994. The molecule has 1 unspecified atom stereocenters. The largest absolute Gasteiger partial charge is 0.467 e. The van der Waals surface area contributed by atoms with Gasteiger partial charge in [-0.2, -0.15) is 5.10 Å². The number of imidazole rings is 1. The zero-order chi connectivity index (χ0) is 20.5. The zero-order valence-electron chi connectivity index (χ0n) is 16.4. The predicted octanol–water partition coefficient (Wildman–Crippen LogP) is 4.71. The zero-order valence-corrected chi connectivity index (χ0v) is 17.2. The molecule has 0 saturated heterocycles. The van der Waals surface area contributed by atoms with Crippen molar-refractivity contribution in [3.8, 4) is 0 Å². The molecule has 7 nitrogen and oxygen atoms in total. The fourth-order valence-corrected chi connectivity index (χ4v) is 4.63. The van der Waals surface area contributed by atoms with Gasteiger partial charge >= 0.3 is 0 Å². The molecule has 0 spiro atoms. The van der Waals surface area contributed by atoms with Gasteiger partial charge in [-0.25, -0.2) is 9.99 Å². The summed E-state index contributed by atoms with van der Waals surface area (Å²) in [4.78, 5) is 17.8. The van der Waals surface area contributed by atoms with Crippen LogP contribution in [0, 0.1) is 0 Å². The van der Waals surface area contributed by atoms with Crippen LogP contribution in [-0.2, 0) is 11.3 Å². The topological polar surface area (TPSA) is 76.8 Å². The summed E-state index contributed by atoms with van der Waals surface area (Å²) in [5, 5.41) is 6.92. The number of amides is 1. The summed E-state index contributed by atoms with van der Waals surface area (Å²) >= 11 is 1.43. The molecule has 8 heteroatoms. The Labute approximate surface area is 177 Å². The lowest BCUT2D eigenvalue weighted by Gasteiger charge is -2.19. The summed E-state index contributed by atoms with van der Waals surface area (Å²) in [6.45, 7) is 2.86. The van der Waals surface area contributed by atoms with E-state index >= 15 is 0 Å². The molecular formula is C22H20N4O3S. The molecule has 30 heavy (non-hydrogen) atoms. The summed E-state index contributed by atoms with van der Waals surface area (Å²) < 4.78 is 13.2. The van der Waals surface area contributed by atoms with Crippen LogP contribution < -0.4 is 0 Å². The molecule has 0 fully saturated rings. The average molecular weight is 420 g/mol. The number of furan rings is 2. The highest BCUT2D eigenvalue weighted by molar-refractivity contribution is 7.99. The smallest absolute Gasteiger partial charge is 0.253 e. The van der Waals surface area contributed by atoms with E-state index in [0.717, 1.165) is 28.4 Å². The molecule has 1 aliphatic heterocycles. The second-order valence-corrected chi connectivity index (χ2v) is 7.86. The fourth-order valence-electron chi connectivity index (χ4n) is 3.70. The highest BCUT2D eigenvalue weighted by Crippen LogP contribution is 2.34. The van der Waals surface area contributed by atoms with Gasteiger partial charge in [-0.1, -0.05) is 23.9 Å². The van der Waals surface area contributed by atoms with Gasteiger partial charge in [0.15, 0.2) is 5.16 Å². The number of carbonyl (C=O) groups is 1. The molecule has 0 saturated carbocycles. The van der Waals surface area contributed by atoms with Crippen molar-refractivity contribution in [3.05, 3.63) is 72.6 Å². The molecule has 0 N–H and O–H groups in total. The van der Waals surface area contributed by atoms with Crippen LogP contribution in [0.1, 0.15) is 30.9 Å². The van der Waals surface area contributed by atoms with Crippen LogP contribution in [0.25, 0.3) is 11.0 Å². The van der Waals surface area contributed by atoms with E-state index in [1.165, 1.54) is 16.8 Å². The Morgan fingerprint density at radius 2 is 1.97 bits per heavy atom. The van der Waals surface area contributed by atoms with Crippen LogP contribution in [-0.4, -0.2) is 31.9 Å². The number of hydrogen-bond acceptors (Lipinski definition) is 6. The maximum absolute atomic E-state index is 13.1. The first-order valence-corrected chi connectivity index (χ1v) is 10.8. The number of benzene rings is 1. The van der Waals surface area contributed by atoms with Gasteiger partial charge in [0.25, 0.3) is 5.91 Å². The van der Waals surface area contributed by atoms with Gasteiger partial charge in [0.2, 0.25) is 0 Å². The highest BCUT2D eigenvalue weighted by Gasteiger charge is 2.35. The number of fused-ring (bicyclic) bond motifs is 1. The molecule has 0 bridgehead atoms.